The number of fused-ring (bicyclic) bond motifs is 1. The highest BCUT2D eigenvalue weighted by Gasteiger charge is 2.47. The average molecular weight is 351 g/mol. The minimum Gasteiger partial charge on any atom is -0.457 e. The lowest BCUT2D eigenvalue weighted by Crippen LogP contribution is -2.48. The minimum atomic E-state index is -0.584. The molecule has 0 amide bonds. The molecule has 0 aromatic heterocycles. The summed E-state index contributed by atoms with van der Waals surface area (Å²) in [4.78, 5) is 14.4. The number of nitrogens with zero attached hydrogens (tertiary/aromatic N) is 1. The Kier molecular flexibility index (Phi) is 6.58. The summed E-state index contributed by atoms with van der Waals surface area (Å²) in [5, 5.41) is 0. The fraction of sp³-hybridized carbons (Fsp3) is 0.650. The molecule has 0 spiro atoms. The van der Waals surface area contributed by atoms with Crippen LogP contribution in [0.1, 0.15) is 43.7 Å². The highest BCUT2D eigenvalue weighted by molar-refractivity contribution is 5.71. The Bertz CT molecular complexity index is 603. The maximum Gasteiger partial charge on any atom is 0.332 e. The Morgan fingerprint density at radius 3 is 2.72 bits per heavy atom. The van der Waals surface area contributed by atoms with Crippen molar-refractivity contribution in [3.05, 3.63) is 35.1 Å². The van der Waals surface area contributed by atoms with Gasteiger partial charge in [-0.25, -0.2) is 9.18 Å². The second-order valence-electron chi connectivity index (χ2n) is 7.59. The maximum absolute atomic E-state index is 13.7. The van der Waals surface area contributed by atoms with Crippen LogP contribution in [0.25, 0.3) is 0 Å². The van der Waals surface area contributed by atoms with Crippen LogP contribution >= 0.6 is 0 Å². The Morgan fingerprint density at radius 1 is 1.40 bits per heavy atom. The van der Waals surface area contributed by atoms with Gasteiger partial charge in [-0.15, -0.1) is 0 Å². The van der Waals surface area contributed by atoms with Gasteiger partial charge in [0.2, 0.25) is 0 Å². The molecule has 0 radical (unpaired) electrons. The third-order valence-electron chi connectivity index (χ3n) is 5.05. The Balaban J connectivity index is 2.44. The smallest absolute Gasteiger partial charge is 0.332 e. The van der Waals surface area contributed by atoms with Gasteiger partial charge >= 0.3 is 5.97 Å². The van der Waals surface area contributed by atoms with E-state index < -0.39 is 5.60 Å². The van der Waals surface area contributed by atoms with E-state index in [0.29, 0.717) is 12.8 Å². The van der Waals surface area contributed by atoms with E-state index >= 15 is 0 Å². The van der Waals surface area contributed by atoms with Gasteiger partial charge in [-0.3, -0.25) is 0 Å². The van der Waals surface area contributed by atoms with Crippen LogP contribution in [-0.4, -0.2) is 50.8 Å². The van der Waals surface area contributed by atoms with Crippen LogP contribution in [0.4, 0.5) is 4.39 Å². The van der Waals surface area contributed by atoms with E-state index in [1.54, 1.807) is 6.07 Å². The van der Waals surface area contributed by atoms with E-state index in [-0.39, 0.29) is 30.2 Å². The number of hydrogen-bond acceptors (Lipinski definition) is 4. The molecule has 2 unspecified atom stereocenters. The average Bonchev–Trinajstić information content (AvgIpc) is 2.53. The topological polar surface area (TPSA) is 38.8 Å². The van der Waals surface area contributed by atoms with Crippen molar-refractivity contribution >= 4 is 5.97 Å². The van der Waals surface area contributed by atoms with Crippen molar-refractivity contribution in [2.45, 2.75) is 44.6 Å². The second kappa shape index (κ2) is 8.28. The first kappa shape index (κ1) is 19.9. The largest absolute Gasteiger partial charge is 0.457 e. The van der Waals surface area contributed by atoms with Crippen molar-refractivity contribution in [1.82, 2.24) is 4.90 Å². The Labute approximate surface area is 150 Å². The highest BCUT2D eigenvalue weighted by Crippen LogP contribution is 2.48. The number of rotatable bonds is 7. The van der Waals surface area contributed by atoms with Gasteiger partial charge in [0, 0.05) is 26.0 Å². The van der Waals surface area contributed by atoms with Crippen LogP contribution in [0.5, 0.6) is 0 Å². The zero-order valence-electron chi connectivity index (χ0n) is 16.0. The normalized spacial score (nSPS) is 23.0. The van der Waals surface area contributed by atoms with Crippen LogP contribution in [0.15, 0.2) is 18.2 Å². The summed E-state index contributed by atoms with van der Waals surface area (Å²) in [6.45, 7) is 5.04. The third-order valence-corrected chi connectivity index (χ3v) is 5.05. The van der Waals surface area contributed by atoms with Crippen LogP contribution < -0.4 is 0 Å². The molecule has 2 atom stereocenters. The van der Waals surface area contributed by atoms with E-state index in [4.69, 9.17) is 9.47 Å². The molecule has 0 saturated carbocycles. The zero-order chi connectivity index (χ0) is 18.6. The molecule has 25 heavy (non-hydrogen) atoms. The first-order chi connectivity index (χ1) is 11.8. The number of benzene rings is 1. The van der Waals surface area contributed by atoms with E-state index in [9.17, 15) is 9.18 Å². The summed E-state index contributed by atoms with van der Waals surface area (Å²) >= 11 is 0. The van der Waals surface area contributed by atoms with Crippen LogP contribution in [-0.2, 0) is 20.7 Å². The molecule has 140 valence electrons. The van der Waals surface area contributed by atoms with Gasteiger partial charge in [0.15, 0.2) is 0 Å². The van der Waals surface area contributed by atoms with Crippen LogP contribution in [0.2, 0.25) is 0 Å². The van der Waals surface area contributed by atoms with E-state index in [2.05, 4.69) is 18.7 Å². The van der Waals surface area contributed by atoms with Gasteiger partial charge in [-0.2, -0.15) is 0 Å². The molecule has 1 aromatic rings. The Morgan fingerprint density at radius 2 is 2.12 bits per heavy atom. The number of hydrogen-bond donors (Lipinski definition) is 0. The predicted octanol–water partition coefficient (Wildman–Crippen LogP) is 3.39. The van der Waals surface area contributed by atoms with Gasteiger partial charge in [-0.1, -0.05) is 19.9 Å². The van der Waals surface area contributed by atoms with Crippen LogP contribution in [0.3, 0.4) is 0 Å². The molecular formula is C20H30FNO3. The van der Waals surface area contributed by atoms with E-state index in [0.717, 1.165) is 24.1 Å². The summed E-state index contributed by atoms with van der Waals surface area (Å²) in [6, 6.07) is 4.99. The summed E-state index contributed by atoms with van der Waals surface area (Å²) in [5.74, 6) is -0.240. The molecule has 2 rings (SSSR count). The Hall–Kier alpha value is -1.46. The number of carbonyl (C=O) groups is 1. The lowest BCUT2D eigenvalue weighted by molar-refractivity contribution is -0.171. The fourth-order valence-corrected chi connectivity index (χ4v) is 4.08. The molecule has 0 N–H and O–H groups in total. The predicted molar refractivity (Wildman–Crippen MR) is 96.2 cm³/mol. The molecule has 5 heteroatoms. The van der Waals surface area contributed by atoms with E-state index in [1.165, 1.54) is 13.2 Å². The molecule has 1 aliphatic carbocycles. The van der Waals surface area contributed by atoms with Crippen molar-refractivity contribution in [3.63, 3.8) is 0 Å². The first-order valence-corrected chi connectivity index (χ1v) is 8.93. The number of halogens is 1. The summed E-state index contributed by atoms with van der Waals surface area (Å²) in [5.41, 5.74) is 1.55. The lowest BCUT2D eigenvalue weighted by Gasteiger charge is -2.47. The van der Waals surface area contributed by atoms with Crippen molar-refractivity contribution in [2.24, 2.45) is 5.92 Å². The van der Waals surface area contributed by atoms with Crippen molar-refractivity contribution in [3.8, 4) is 0 Å². The molecule has 0 saturated heterocycles. The third kappa shape index (κ3) is 4.59. The lowest BCUT2D eigenvalue weighted by atomic mass is 9.65. The standard InChI is InChI=1S/C20H30FNO3/c1-14(2)19-17-7-6-16(21)12-15(17)8-9-20(19,10-11-22(3)4)25-18(23)13-24-5/h6-7,12,14,19H,8-11,13H2,1-5H3. The summed E-state index contributed by atoms with van der Waals surface area (Å²) in [6.07, 6.45) is 2.16. The molecule has 4 nitrogen and oxygen atoms in total. The van der Waals surface area contributed by atoms with Gasteiger partial charge in [0.1, 0.15) is 18.0 Å². The van der Waals surface area contributed by atoms with Crippen LogP contribution in [0, 0.1) is 11.7 Å². The van der Waals surface area contributed by atoms with Crippen molar-refractivity contribution in [2.75, 3.05) is 34.4 Å². The monoisotopic (exact) mass is 351 g/mol. The number of ether oxygens (including phenoxy) is 2. The van der Waals surface area contributed by atoms with Gasteiger partial charge in [-0.05, 0) is 56.1 Å². The highest BCUT2D eigenvalue weighted by atomic mass is 19.1. The molecule has 0 aliphatic heterocycles. The van der Waals surface area contributed by atoms with Crippen molar-refractivity contribution < 1.29 is 18.7 Å². The minimum absolute atomic E-state index is 0.0395. The SMILES string of the molecule is COCC(=O)OC1(CCN(C)C)CCc2cc(F)ccc2C1C(C)C. The van der Waals surface area contributed by atoms with Gasteiger partial charge in [0.05, 0.1) is 0 Å². The quantitative estimate of drug-likeness (QED) is 0.706. The number of carbonyl (C=O) groups excluding carboxylic acids is 1. The van der Waals surface area contributed by atoms with Gasteiger partial charge in [0.25, 0.3) is 0 Å². The fourth-order valence-electron chi connectivity index (χ4n) is 4.08. The number of aryl methyl sites for hydroxylation is 1. The number of methoxy groups -OCH3 is 1. The first-order valence-electron chi connectivity index (χ1n) is 8.93. The molecule has 0 heterocycles. The van der Waals surface area contributed by atoms with Gasteiger partial charge < -0.3 is 14.4 Å². The second-order valence-corrected chi connectivity index (χ2v) is 7.59. The zero-order valence-corrected chi connectivity index (χ0v) is 16.0. The molecule has 0 bridgehead atoms. The maximum atomic E-state index is 13.7. The molecule has 1 aromatic carbocycles. The molecule has 1 aliphatic rings. The summed E-state index contributed by atoms with van der Waals surface area (Å²) < 4.78 is 24.7. The van der Waals surface area contributed by atoms with E-state index in [1.807, 2.05) is 20.2 Å². The van der Waals surface area contributed by atoms with Crippen molar-refractivity contribution in [1.29, 1.82) is 0 Å². The molecule has 0 fully saturated rings. The summed E-state index contributed by atoms with van der Waals surface area (Å²) in [7, 11) is 5.52. The number of esters is 1. The molecular weight excluding hydrogens is 321 g/mol.